The highest BCUT2D eigenvalue weighted by molar-refractivity contribution is 6.00. The van der Waals surface area contributed by atoms with E-state index in [0.717, 1.165) is 0 Å². The van der Waals surface area contributed by atoms with Crippen LogP contribution >= 0.6 is 0 Å². The minimum atomic E-state index is -1.87. The lowest BCUT2D eigenvalue weighted by Gasteiger charge is -2.26. The summed E-state index contributed by atoms with van der Waals surface area (Å²) in [5, 5.41) is 11.2. The van der Waals surface area contributed by atoms with Crippen LogP contribution in [0, 0.1) is 16.0 Å². The molecule has 0 saturated heterocycles. The first-order chi connectivity index (χ1) is 10.0. The smallest absolute Gasteiger partial charge is 0.402 e. The van der Waals surface area contributed by atoms with Gasteiger partial charge in [-0.25, -0.2) is 0 Å². The van der Waals surface area contributed by atoms with Crippen molar-refractivity contribution in [2.45, 2.75) is 5.72 Å². The number of hydrogen-bond donors (Lipinski definition) is 0. The van der Waals surface area contributed by atoms with Crippen molar-refractivity contribution in [2.75, 3.05) is 14.2 Å². The van der Waals surface area contributed by atoms with Gasteiger partial charge in [0, 0.05) is 18.7 Å². The molecule has 1 aromatic rings. The minimum Gasteiger partial charge on any atom is -0.492 e. The molecule has 6 nitrogen and oxygen atoms in total. The van der Waals surface area contributed by atoms with Crippen LogP contribution in [0.3, 0.4) is 0 Å². The van der Waals surface area contributed by atoms with E-state index in [2.05, 4.69) is 0 Å². The SMILES string of the molecule is COC1=CC(C(=O)c2ccccc2)C=CC1(OC)[N+](=O)[O-]. The molecule has 0 amide bonds. The molecule has 0 fully saturated rings. The van der Waals surface area contributed by atoms with Crippen LogP contribution in [0.25, 0.3) is 0 Å². The molecule has 0 bridgehead atoms. The van der Waals surface area contributed by atoms with Gasteiger partial charge in [0.2, 0.25) is 5.76 Å². The van der Waals surface area contributed by atoms with Gasteiger partial charge in [-0.1, -0.05) is 36.4 Å². The average Bonchev–Trinajstić information content (AvgIpc) is 2.54. The van der Waals surface area contributed by atoms with Crippen molar-refractivity contribution in [3.05, 3.63) is 70.0 Å². The lowest BCUT2D eigenvalue weighted by atomic mass is 9.90. The zero-order valence-corrected chi connectivity index (χ0v) is 11.7. The van der Waals surface area contributed by atoms with Crippen molar-refractivity contribution in [1.82, 2.24) is 0 Å². The fourth-order valence-electron chi connectivity index (χ4n) is 2.22. The first-order valence-electron chi connectivity index (χ1n) is 6.29. The van der Waals surface area contributed by atoms with Gasteiger partial charge in [-0.3, -0.25) is 14.9 Å². The first kappa shape index (κ1) is 14.9. The summed E-state index contributed by atoms with van der Waals surface area (Å²) in [6.45, 7) is 0. The molecule has 110 valence electrons. The number of rotatable bonds is 5. The average molecular weight is 289 g/mol. The van der Waals surface area contributed by atoms with Crippen LogP contribution in [-0.4, -0.2) is 30.7 Å². The molecule has 21 heavy (non-hydrogen) atoms. The Balaban J connectivity index is 2.35. The molecule has 0 N–H and O–H groups in total. The van der Waals surface area contributed by atoms with Gasteiger partial charge >= 0.3 is 5.72 Å². The fraction of sp³-hybridized carbons (Fsp3) is 0.267. The Bertz CT molecular complexity index is 608. The predicted molar refractivity (Wildman–Crippen MR) is 75.2 cm³/mol. The molecule has 2 unspecified atom stereocenters. The summed E-state index contributed by atoms with van der Waals surface area (Å²) in [6, 6.07) is 8.73. The lowest BCUT2D eigenvalue weighted by Crippen LogP contribution is -2.43. The molecule has 2 rings (SSSR count). The molecule has 0 radical (unpaired) electrons. The second kappa shape index (κ2) is 5.88. The zero-order valence-electron chi connectivity index (χ0n) is 11.7. The van der Waals surface area contributed by atoms with Crippen LogP contribution in [0.5, 0.6) is 0 Å². The number of methoxy groups -OCH3 is 2. The van der Waals surface area contributed by atoms with Crippen LogP contribution in [-0.2, 0) is 9.47 Å². The van der Waals surface area contributed by atoms with Crippen molar-refractivity contribution in [1.29, 1.82) is 0 Å². The molecule has 2 atom stereocenters. The van der Waals surface area contributed by atoms with Crippen LogP contribution in [0.2, 0.25) is 0 Å². The van der Waals surface area contributed by atoms with Gasteiger partial charge in [-0.15, -0.1) is 0 Å². The number of carbonyl (C=O) groups is 1. The highest BCUT2D eigenvalue weighted by Crippen LogP contribution is 2.31. The maximum absolute atomic E-state index is 12.4. The van der Waals surface area contributed by atoms with Crippen molar-refractivity contribution >= 4 is 5.78 Å². The summed E-state index contributed by atoms with van der Waals surface area (Å²) >= 11 is 0. The maximum atomic E-state index is 12.4. The van der Waals surface area contributed by atoms with E-state index in [0.29, 0.717) is 5.56 Å². The van der Waals surface area contributed by atoms with Gasteiger partial charge in [0.05, 0.1) is 18.0 Å². The first-order valence-corrected chi connectivity index (χ1v) is 6.29. The molecular weight excluding hydrogens is 274 g/mol. The van der Waals surface area contributed by atoms with E-state index in [1.165, 1.54) is 32.4 Å². The fourth-order valence-corrected chi connectivity index (χ4v) is 2.22. The Morgan fingerprint density at radius 1 is 1.29 bits per heavy atom. The molecule has 0 heterocycles. The molecule has 0 aromatic heterocycles. The zero-order chi connectivity index (χ0) is 15.5. The quantitative estimate of drug-likeness (QED) is 0.273. The highest BCUT2D eigenvalue weighted by atomic mass is 16.7. The topological polar surface area (TPSA) is 78.7 Å². The van der Waals surface area contributed by atoms with Crippen molar-refractivity contribution in [3.8, 4) is 0 Å². The number of hydrogen-bond acceptors (Lipinski definition) is 5. The normalized spacial score (nSPS) is 24.3. The number of ether oxygens (including phenoxy) is 2. The van der Waals surface area contributed by atoms with Crippen LogP contribution in [0.1, 0.15) is 10.4 Å². The van der Waals surface area contributed by atoms with Gasteiger partial charge < -0.3 is 9.47 Å². The molecule has 6 heteroatoms. The van der Waals surface area contributed by atoms with E-state index in [1.54, 1.807) is 24.3 Å². The van der Waals surface area contributed by atoms with Crippen LogP contribution < -0.4 is 0 Å². The highest BCUT2D eigenvalue weighted by Gasteiger charge is 2.49. The Hall–Kier alpha value is -2.47. The maximum Gasteiger partial charge on any atom is 0.402 e. The minimum absolute atomic E-state index is 0.00761. The summed E-state index contributed by atoms with van der Waals surface area (Å²) in [4.78, 5) is 23.0. The second-order valence-electron chi connectivity index (χ2n) is 4.51. The molecular formula is C15H15NO5. The van der Waals surface area contributed by atoms with Gasteiger partial charge in [0.25, 0.3) is 0 Å². The molecule has 1 aliphatic rings. The molecule has 1 aliphatic carbocycles. The summed E-state index contributed by atoms with van der Waals surface area (Å²) < 4.78 is 10.1. The standard InChI is InChI=1S/C15H15NO5/c1-20-13-10-12(8-9-15(13,21-2)16(18)19)14(17)11-6-4-3-5-7-11/h3-10,12H,1-2H3. The number of ketones is 1. The summed E-state index contributed by atoms with van der Waals surface area (Å²) in [5.74, 6) is -0.785. The van der Waals surface area contributed by atoms with Crippen molar-refractivity contribution in [3.63, 3.8) is 0 Å². The third-order valence-electron chi connectivity index (χ3n) is 3.38. The third kappa shape index (κ3) is 2.57. The Morgan fingerprint density at radius 3 is 2.48 bits per heavy atom. The second-order valence-corrected chi connectivity index (χ2v) is 4.51. The van der Waals surface area contributed by atoms with Gasteiger partial charge in [-0.05, 0) is 6.08 Å². The molecule has 0 saturated carbocycles. The van der Waals surface area contributed by atoms with E-state index >= 15 is 0 Å². The number of nitro groups is 1. The van der Waals surface area contributed by atoms with Gasteiger partial charge in [0.15, 0.2) is 5.78 Å². The van der Waals surface area contributed by atoms with Crippen molar-refractivity contribution < 1.29 is 19.2 Å². The van der Waals surface area contributed by atoms with E-state index in [9.17, 15) is 14.9 Å². The van der Waals surface area contributed by atoms with Crippen LogP contribution in [0.15, 0.2) is 54.3 Å². The Labute approximate surface area is 121 Å². The lowest BCUT2D eigenvalue weighted by molar-refractivity contribution is -0.603. The van der Waals surface area contributed by atoms with E-state index in [4.69, 9.17) is 9.47 Å². The number of benzene rings is 1. The molecule has 0 spiro atoms. The predicted octanol–water partition coefficient (Wildman–Crippen LogP) is 2.21. The van der Waals surface area contributed by atoms with E-state index in [-0.39, 0.29) is 11.5 Å². The van der Waals surface area contributed by atoms with E-state index in [1.807, 2.05) is 6.07 Å². The third-order valence-corrected chi connectivity index (χ3v) is 3.38. The Kier molecular flexibility index (Phi) is 4.18. The summed E-state index contributed by atoms with van der Waals surface area (Å²) in [5.41, 5.74) is -1.34. The molecule has 1 aromatic carbocycles. The van der Waals surface area contributed by atoms with Crippen molar-refractivity contribution in [2.24, 2.45) is 5.92 Å². The van der Waals surface area contributed by atoms with Crippen LogP contribution in [0.4, 0.5) is 0 Å². The number of nitrogens with zero attached hydrogens (tertiary/aromatic N) is 1. The number of allylic oxidation sites excluding steroid dienone is 2. The van der Waals surface area contributed by atoms with E-state index < -0.39 is 16.6 Å². The summed E-state index contributed by atoms with van der Waals surface area (Å²) in [7, 11) is 2.53. The molecule has 0 aliphatic heterocycles. The number of carbonyl (C=O) groups excluding carboxylic acids is 1. The van der Waals surface area contributed by atoms with Gasteiger partial charge in [-0.2, -0.15) is 0 Å². The summed E-state index contributed by atoms with van der Waals surface area (Å²) in [6.07, 6.45) is 4.13. The largest absolute Gasteiger partial charge is 0.492 e. The van der Waals surface area contributed by atoms with Gasteiger partial charge in [0.1, 0.15) is 0 Å². The number of Topliss-reactive ketones (excluding diaryl/α,β-unsaturated/α-hetero) is 1. The Morgan fingerprint density at radius 2 is 1.95 bits per heavy atom. The monoisotopic (exact) mass is 289 g/mol.